The van der Waals surface area contributed by atoms with Crippen molar-refractivity contribution in [2.24, 2.45) is 0 Å². The molecule has 6 heteroatoms. The van der Waals surface area contributed by atoms with Gasteiger partial charge in [0.15, 0.2) is 0 Å². The maximum atomic E-state index is 11.9. The van der Waals surface area contributed by atoms with Crippen molar-refractivity contribution < 1.29 is 9.59 Å². The van der Waals surface area contributed by atoms with Crippen molar-refractivity contribution in [3.63, 3.8) is 0 Å². The van der Waals surface area contributed by atoms with Crippen LogP contribution in [0, 0.1) is 0 Å². The minimum atomic E-state index is -0.436. The van der Waals surface area contributed by atoms with E-state index in [0.717, 1.165) is 19.4 Å². The van der Waals surface area contributed by atoms with Gasteiger partial charge >= 0.3 is 6.03 Å². The molecular weight excluding hydrogens is 256 g/mol. The third-order valence-electron chi connectivity index (χ3n) is 4.19. The van der Waals surface area contributed by atoms with Gasteiger partial charge in [-0.15, -0.1) is 0 Å². The molecule has 1 aliphatic carbocycles. The van der Waals surface area contributed by atoms with Crippen LogP contribution >= 0.6 is 0 Å². The molecule has 3 N–H and O–H groups in total. The third-order valence-corrected chi connectivity index (χ3v) is 4.19. The number of carbonyl (C=O) groups is 2. The Morgan fingerprint density at radius 3 is 2.35 bits per heavy atom. The molecule has 0 spiro atoms. The predicted molar refractivity (Wildman–Crippen MR) is 79.6 cm³/mol. The van der Waals surface area contributed by atoms with Crippen molar-refractivity contribution in [2.45, 2.75) is 51.1 Å². The molecule has 1 saturated carbocycles. The lowest BCUT2D eigenvalue weighted by Crippen LogP contribution is -2.55. The molecule has 3 amide bonds. The first-order chi connectivity index (χ1) is 9.41. The molecule has 1 rings (SSSR count). The van der Waals surface area contributed by atoms with E-state index in [0.29, 0.717) is 6.54 Å². The Morgan fingerprint density at radius 2 is 1.85 bits per heavy atom. The zero-order chi connectivity index (χ0) is 15.2. The van der Waals surface area contributed by atoms with E-state index in [9.17, 15) is 9.59 Å². The Kier molecular flexibility index (Phi) is 6.42. The maximum absolute atomic E-state index is 11.9. The van der Waals surface area contributed by atoms with E-state index >= 15 is 0 Å². The molecule has 6 nitrogen and oxygen atoms in total. The van der Waals surface area contributed by atoms with E-state index in [4.69, 9.17) is 0 Å². The van der Waals surface area contributed by atoms with Gasteiger partial charge in [0, 0.05) is 18.6 Å². The van der Waals surface area contributed by atoms with Gasteiger partial charge in [-0.3, -0.25) is 10.1 Å². The minimum absolute atomic E-state index is 0.139. The molecular formula is C14H28N4O2. The Hall–Kier alpha value is -1.14. The van der Waals surface area contributed by atoms with Crippen LogP contribution in [0.15, 0.2) is 0 Å². The van der Waals surface area contributed by atoms with Crippen LogP contribution in [0.3, 0.4) is 0 Å². The topological polar surface area (TPSA) is 73.5 Å². The van der Waals surface area contributed by atoms with Crippen LogP contribution in [-0.4, -0.2) is 55.6 Å². The Balaban J connectivity index is 2.43. The molecule has 0 heterocycles. The average Bonchev–Trinajstić information content (AvgIpc) is 2.86. The molecule has 0 radical (unpaired) electrons. The Labute approximate surface area is 121 Å². The van der Waals surface area contributed by atoms with Gasteiger partial charge in [-0.25, -0.2) is 4.79 Å². The first-order valence-electron chi connectivity index (χ1n) is 7.41. The summed E-state index contributed by atoms with van der Waals surface area (Å²) in [5.74, 6) is -0.289. The molecule has 0 aromatic rings. The minimum Gasteiger partial charge on any atom is -0.338 e. The number of hydrogen-bond donors (Lipinski definition) is 3. The summed E-state index contributed by atoms with van der Waals surface area (Å²) >= 11 is 0. The molecule has 0 saturated heterocycles. The second-order valence-corrected chi connectivity index (χ2v) is 5.78. The summed E-state index contributed by atoms with van der Waals surface area (Å²) in [4.78, 5) is 25.4. The number of carbonyl (C=O) groups excluding carboxylic acids is 2. The maximum Gasteiger partial charge on any atom is 0.321 e. The molecule has 0 aliphatic heterocycles. The molecule has 1 aliphatic rings. The molecule has 1 unspecified atom stereocenters. The van der Waals surface area contributed by atoms with Crippen molar-refractivity contribution in [1.82, 2.24) is 20.9 Å². The van der Waals surface area contributed by atoms with E-state index in [-0.39, 0.29) is 17.5 Å². The summed E-state index contributed by atoms with van der Waals surface area (Å²) in [5, 5.41) is 8.14. The van der Waals surface area contributed by atoms with E-state index in [2.05, 4.69) is 34.9 Å². The number of nitrogens with zero attached hydrogens (tertiary/aromatic N) is 1. The van der Waals surface area contributed by atoms with Crippen molar-refractivity contribution >= 4 is 11.9 Å². The highest BCUT2D eigenvalue weighted by molar-refractivity contribution is 5.96. The summed E-state index contributed by atoms with van der Waals surface area (Å²) < 4.78 is 0. The fourth-order valence-electron chi connectivity index (χ4n) is 2.68. The van der Waals surface area contributed by atoms with Crippen LogP contribution in [0.1, 0.15) is 39.5 Å². The number of urea groups is 1. The second-order valence-electron chi connectivity index (χ2n) is 5.78. The fraction of sp³-hybridized carbons (Fsp3) is 0.857. The molecule has 20 heavy (non-hydrogen) atoms. The summed E-state index contributed by atoms with van der Waals surface area (Å²) in [6, 6.07) is -0.815. The molecule has 1 fully saturated rings. The molecule has 0 aromatic heterocycles. The van der Waals surface area contributed by atoms with Crippen molar-refractivity contribution in [1.29, 1.82) is 0 Å². The lowest BCUT2D eigenvalue weighted by molar-refractivity contribution is -0.121. The Morgan fingerprint density at radius 1 is 1.25 bits per heavy atom. The largest absolute Gasteiger partial charge is 0.338 e. The number of hydrogen-bond acceptors (Lipinski definition) is 4. The number of likely N-dealkylation sites (N-methyl/N-ethyl adjacent to an activating group) is 1. The SMILES string of the molecule is CCNC(=O)NC(=O)C(C)NCC1(N(C)C)CCCC1. The van der Waals surface area contributed by atoms with Crippen molar-refractivity contribution in [3.05, 3.63) is 0 Å². The molecule has 116 valence electrons. The normalized spacial score (nSPS) is 18.9. The predicted octanol–water partition coefficient (Wildman–Crippen LogP) is 0.685. The number of nitrogens with one attached hydrogen (secondary N) is 3. The van der Waals surface area contributed by atoms with Gasteiger partial charge in [0.1, 0.15) is 0 Å². The van der Waals surface area contributed by atoms with Gasteiger partial charge in [0.05, 0.1) is 6.04 Å². The zero-order valence-electron chi connectivity index (χ0n) is 13.1. The lowest BCUT2D eigenvalue weighted by atomic mass is 9.95. The van der Waals surface area contributed by atoms with E-state index in [1.807, 2.05) is 6.92 Å². The van der Waals surface area contributed by atoms with Gasteiger partial charge in [0.2, 0.25) is 5.91 Å². The second kappa shape index (κ2) is 7.59. The summed E-state index contributed by atoms with van der Waals surface area (Å²) in [7, 11) is 4.18. The van der Waals surface area contributed by atoms with Crippen LogP contribution in [0.25, 0.3) is 0 Å². The fourth-order valence-corrected chi connectivity index (χ4v) is 2.68. The van der Waals surface area contributed by atoms with Gasteiger partial charge in [-0.1, -0.05) is 12.8 Å². The standard InChI is InChI=1S/C14H28N4O2/c1-5-15-13(20)17-12(19)11(2)16-10-14(18(3)4)8-6-7-9-14/h11,16H,5-10H2,1-4H3,(H2,15,17,19,20). The van der Waals surface area contributed by atoms with Crippen LogP contribution in [-0.2, 0) is 4.79 Å². The van der Waals surface area contributed by atoms with Crippen molar-refractivity contribution in [3.8, 4) is 0 Å². The highest BCUT2D eigenvalue weighted by atomic mass is 16.2. The Bertz CT molecular complexity index is 338. The highest BCUT2D eigenvalue weighted by Gasteiger charge is 2.36. The first-order valence-corrected chi connectivity index (χ1v) is 7.41. The van der Waals surface area contributed by atoms with Gasteiger partial charge < -0.3 is 15.5 Å². The number of amides is 3. The third kappa shape index (κ3) is 4.45. The van der Waals surface area contributed by atoms with Gasteiger partial charge in [-0.05, 0) is 40.8 Å². The van der Waals surface area contributed by atoms with Gasteiger partial charge in [0.25, 0.3) is 0 Å². The highest BCUT2D eigenvalue weighted by Crippen LogP contribution is 2.33. The van der Waals surface area contributed by atoms with Crippen molar-refractivity contribution in [2.75, 3.05) is 27.2 Å². The molecule has 0 aromatic carbocycles. The van der Waals surface area contributed by atoms with E-state index in [1.165, 1.54) is 12.8 Å². The summed E-state index contributed by atoms with van der Waals surface area (Å²) in [6.07, 6.45) is 4.77. The quantitative estimate of drug-likeness (QED) is 0.671. The van der Waals surface area contributed by atoms with E-state index < -0.39 is 6.03 Å². The smallest absolute Gasteiger partial charge is 0.321 e. The molecule has 1 atom stereocenters. The van der Waals surface area contributed by atoms with Crippen LogP contribution < -0.4 is 16.0 Å². The number of rotatable bonds is 6. The first kappa shape index (κ1) is 16.9. The lowest BCUT2D eigenvalue weighted by Gasteiger charge is -2.37. The monoisotopic (exact) mass is 284 g/mol. The molecule has 0 bridgehead atoms. The van der Waals surface area contributed by atoms with Gasteiger partial charge in [-0.2, -0.15) is 0 Å². The number of imide groups is 1. The van der Waals surface area contributed by atoms with E-state index in [1.54, 1.807) is 6.92 Å². The average molecular weight is 284 g/mol. The summed E-state index contributed by atoms with van der Waals surface area (Å²) in [6.45, 7) is 4.87. The van der Waals surface area contributed by atoms with Crippen LogP contribution in [0.5, 0.6) is 0 Å². The zero-order valence-corrected chi connectivity index (χ0v) is 13.1. The summed E-state index contributed by atoms with van der Waals surface area (Å²) in [5.41, 5.74) is 0.139. The van der Waals surface area contributed by atoms with Crippen LogP contribution in [0.4, 0.5) is 4.79 Å². The van der Waals surface area contributed by atoms with Crippen LogP contribution in [0.2, 0.25) is 0 Å².